The molecule has 2 N–H and O–H groups in total. The molecule has 3 aromatic rings. The molecule has 5 nitrogen and oxygen atoms in total. The molecule has 0 spiro atoms. The first kappa shape index (κ1) is 18.0. The largest absolute Gasteiger partial charge is 0.440 e. The van der Waals surface area contributed by atoms with Crippen LogP contribution in [0.3, 0.4) is 0 Å². The molecule has 28 heavy (non-hydrogen) atoms. The van der Waals surface area contributed by atoms with E-state index >= 15 is 0 Å². The van der Waals surface area contributed by atoms with Gasteiger partial charge in [-0.2, -0.15) is 0 Å². The van der Waals surface area contributed by atoms with Crippen molar-refractivity contribution in [3.63, 3.8) is 0 Å². The molecule has 2 aromatic carbocycles. The number of hydrogen-bond acceptors (Lipinski definition) is 5. The lowest BCUT2D eigenvalue weighted by atomic mass is 9.84. The first-order valence-electron chi connectivity index (χ1n) is 9.03. The molecule has 1 aromatic heterocycles. The fraction of sp³-hybridized carbons (Fsp3) is 0.182. The second-order valence-electron chi connectivity index (χ2n) is 7.41. The zero-order valence-corrected chi connectivity index (χ0v) is 15.8. The third-order valence-corrected chi connectivity index (χ3v) is 4.78. The molecule has 1 aliphatic rings. The van der Waals surface area contributed by atoms with Crippen LogP contribution in [-0.2, 0) is 5.41 Å². The first-order chi connectivity index (χ1) is 13.4. The van der Waals surface area contributed by atoms with Crippen molar-refractivity contribution in [1.82, 2.24) is 10.2 Å². The Labute approximate surface area is 163 Å². The van der Waals surface area contributed by atoms with Crippen LogP contribution in [0.5, 0.6) is 5.75 Å². The summed E-state index contributed by atoms with van der Waals surface area (Å²) < 4.78 is 18.6. The number of fused-ring (bicyclic) bond motifs is 1. The molecular weight excluding hydrogens is 355 g/mol. The molecule has 0 unspecified atom stereocenters. The third kappa shape index (κ3) is 3.67. The Morgan fingerprint density at radius 3 is 2.57 bits per heavy atom. The van der Waals surface area contributed by atoms with Crippen molar-refractivity contribution in [2.75, 3.05) is 17.2 Å². The molecule has 0 aliphatic carbocycles. The molecule has 4 rings (SSSR count). The van der Waals surface area contributed by atoms with Gasteiger partial charge in [0, 0.05) is 17.5 Å². The van der Waals surface area contributed by atoms with E-state index in [1.807, 2.05) is 42.5 Å². The van der Waals surface area contributed by atoms with Gasteiger partial charge in [-0.05, 0) is 54.6 Å². The highest BCUT2D eigenvalue weighted by Crippen LogP contribution is 2.36. The Kier molecular flexibility index (Phi) is 4.47. The molecule has 0 bridgehead atoms. The van der Waals surface area contributed by atoms with E-state index in [1.54, 1.807) is 0 Å². The van der Waals surface area contributed by atoms with Gasteiger partial charge in [-0.15, -0.1) is 10.2 Å². The lowest BCUT2D eigenvalue weighted by Crippen LogP contribution is -2.28. The van der Waals surface area contributed by atoms with E-state index in [0.717, 1.165) is 28.3 Å². The van der Waals surface area contributed by atoms with Gasteiger partial charge in [0.15, 0.2) is 11.6 Å². The SMILES string of the molecule is C=C1Nc2cc(-c3ccc(NCC(C)(C)c4ccc(F)cc4)nn3)ccc2O1. The lowest BCUT2D eigenvalue weighted by molar-refractivity contribution is 0.460. The number of ether oxygens (including phenoxy) is 1. The summed E-state index contributed by atoms with van der Waals surface area (Å²) in [5, 5.41) is 15.0. The minimum absolute atomic E-state index is 0.178. The maximum atomic E-state index is 13.1. The van der Waals surface area contributed by atoms with Crippen molar-refractivity contribution in [2.45, 2.75) is 19.3 Å². The van der Waals surface area contributed by atoms with Crippen LogP contribution in [0.1, 0.15) is 19.4 Å². The lowest BCUT2D eigenvalue weighted by Gasteiger charge is -2.25. The molecular formula is C22H21FN4O. The number of rotatable bonds is 5. The maximum Gasteiger partial charge on any atom is 0.190 e. The second kappa shape index (κ2) is 6.96. The van der Waals surface area contributed by atoms with Gasteiger partial charge in [-0.3, -0.25) is 0 Å². The van der Waals surface area contributed by atoms with E-state index < -0.39 is 0 Å². The molecule has 6 heteroatoms. The number of halogens is 1. The predicted octanol–water partition coefficient (Wildman–Crippen LogP) is 4.95. The zero-order valence-electron chi connectivity index (χ0n) is 15.8. The fourth-order valence-electron chi connectivity index (χ4n) is 3.08. The molecule has 0 saturated carbocycles. The Balaban J connectivity index is 1.44. The van der Waals surface area contributed by atoms with Crippen molar-refractivity contribution in [3.8, 4) is 17.0 Å². The van der Waals surface area contributed by atoms with Gasteiger partial charge in [0.1, 0.15) is 11.6 Å². The predicted molar refractivity (Wildman–Crippen MR) is 109 cm³/mol. The van der Waals surface area contributed by atoms with Crippen LogP contribution in [0.15, 0.2) is 67.1 Å². The normalized spacial score (nSPS) is 12.9. The van der Waals surface area contributed by atoms with Crippen LogP contribution >= 0.6 is 0 Å². The minimum Gasteiger partial charge on any atom is -0.440 e. The number of benzene rings is 2. The summed E-state index contributed by atoms with van der Waals surface area (Å²) in [5.41, 5.74) is 3.45. The molecule has 0 amide bonds. The van der Waals surface area contributed by atoms with Crippen LogP contribution in [-0.4, -0.2) is 16.7 Å². The van der Waals surface area contributed by atoms with Gasteiger partial charge >= 0.3 is 0 Å². The van der Waals surface area contributed by atoms with Gasteiger partial charge in [0.2, 0.25) is 0 Å². The summed E-state index contributed by atoms with van der Waals surface area (Å²) in [6, 6.07) is 16.2. The monoisotopic (exact) mass is 376 g/mol. The topological polar surface area (TPSA) is 59.1 Å². The van der Waals surface area contributed by atoms with E-state index in [-0.39, 0.29) is 11.2 Å². The zero-order chi connectivity index (χ0) is 19.7. The van der Waals surface area contributed by atoms with Crippen molar-refractivity contribution in [3.05, 3.63) is 78.4 Å². The van der Waals surface area contributed by atoms with Gasteiger partial charge in [-0.25, -0.2) is 4.39 Å². The average Bonchev–Trinajstić information content (AvgIpc) is 3.06. The smallest absolute Gasteiger partial charge is 0.190 e. The number of nitrogens with one attached hydrogen (secondary N) is 2. The molecule has 1 aliphatic heterocycles. The second-order valence-corrected chi connectivity index (χ2v) is 7.41. The van der Waals surface area contributed by atoms with Crippen LogP contribution in [0, 0.1) is 5.82 Å². The highest BCUT2D eigenvalue weighted by Gasteiger charge is 2.21. The molecule has 0 fully saturated rings. The van der Waals surface area contributed by atoms with Gasteiger partial charge in [0.05, 0.1) is 11.4 Å². The summed E-state index contributed by atoms with van der Waals surface area (Å²) >= 11 is 0. The van der Waals surface area contributed by atoms with E-state index in [4.69, 9.17) is 4.74 Å². The Bertz CT molecular complexity index is 1010. The molecule has 0 radical (unpaired) electrons. The van der Waals surface area contributed by atoms with Crippen molar-refractivity contribution in [2.24, 2.45) is 0 Å². The third-order valence-electron chi connectivity index (χ3n) is 4.78. The van der Waals surface area contributed by atoms with E-state index in [2.05, 4.69) is 41.3 Å². The highest BCUT2D eigenvalue weighted by molar-refractivity contribution is 5.73. The molecule has 2 heterocycles. The van der Waals surface area contributed by atoms with Crippen molar-refractivity contribution in [1.29, 1.82) is 0 Å². The van der Waals surface area contributed by atoms with Crippen LogP contribution in [0.4, 0.5) is 15.9 Å². The van der Waals surface area contributed by atoms with Crippen LogP contribution < -0.4 is 15.4 Å². The van der Waals surface area contributed by atoms with E-state index in [1.165, 1.54) is 12.1 Å². The summed E-state index contributed by atoms with van der Waals surface area (Å²) in [6.45, 7) is 8.61. The maximum absolute atomic E-state index is 13.1. The molecule has 0 saturated heterocycles. The molecule has 142 valence electrons. The Morgan fingerprint density at radius 1 is 1.07 bits per heavy atom. The van der Waals surface area contributed by atoms with Crippen LogP contribution in [0.2, 0.25) is 0 Å². The van der Waals surface area contributed by atoms with Crippen molar-refractivity contribution < 1.29 is 9.13 Å². The summed E-state index contributed by atoms with van der Waals surface area (Å²) in [6.07, 6.45) is 0. The van der Waals surface area contributed by atoms with Gasteiger partial charge < -0.3 is 15.4 Å². The standard InChI is InChI=1S/C22H21FN4O/c1-14-25-19-12-15(4-10-20(19)28-14)18-9-11-21(27-26-18)24-13-22(2,3)16-5-7-17(23)8-6-16/h4-12,25H,1,13H2,2-3H3,(H,24,27). The Morgan fingerprint density at radius 2 is 1.86 bits per heavy atom. The number of anilines is 2. The average molecular weight is 376 g/mol. The summed E-state index contributed by atoms with van der Waals surface area (Å²) in [7, 11) is 0. The van der Waals surface area contributed by atoms with Crippen molar-refractivity contribution >= 4 is 11.5 Å². The number of aromatic nitrogens is 2. The van der Waals surface area contributed by atoms with Gasteiger partial charge in [-0.1, -0.05) is 26.0 Å². The fourth-order valence-corrected chi connectivity index (χ4v) is 3.08. The van der Waals surface area contributed by atoms with E-state index in [0.29, 0.717) is 18.2 Å². The summed E-state index contributed by atoms with van der Waals surface area (Å²) in [4.78, 5) is 0. The summed E-state index contributed by atoms with van der Waals surface area (Å²) in [5.74, 6) is 1.73. The molecule has 0 atom stereocenters. The Hall–Kier alpha value is -3.41. The quantitative estimate of drug-likeness (QED) is 0.660. The number of nitrogens with zero attached hydrogens (tertiary/aromatic N) is 2. The van der Waals surface area contributed by atoms with Crippen LogP contribution in [0.25, 0.3) is 11.3 Å². The van der Waals surface area contributed by atoms with Gasteiger partial charge in [0.25, 0.3) is 0 Å². The number of hydrogen-bond donors (Lipinski definition) is 2. The highest BCUT2D eigenvalue weighted by atomic mass is 19.1. The first-order valence-corrected chi connectivity index (χ1v) is 9.03. The van der Waals surface area contributed by atoms with E-state index in [9.17, 15) is 4.39 Å². The minimum atomic E-state index is -0.230.